The molecule has 2 aliphatic rings. The highest BCUT2D eigenvalue weighted by Crippen LogP contribution is 2.48. The van der Waals surface area contributed by atoms with Crippen LogP contribution in [0.1, 0.15) is 64.1 Å². The summed E-state index contributed by atoms with van der Waals surface area (Å²) in [7, 11) is 0. The van der Waals surface area contributed by atoms with Gasteiger partial charge in [-0.1, -0.05) is 50.2 Å². The molecule has 0 aliphatic carbocycles. The van der Waals surface area contributed by atoms with Gasteiger partial charge in [-0.3, -0.25) is 14.5 Å². The van der Waals surface area contributed by atoms with Gasteiger partial charge in [0.2, 0.25) is 0 Å². The van der Waals surface area contributed by atoms with Gasteiger partial charge in [-0.25, -0.2) is 0 Å². The Kier molecular flexibility index (Phi) is 12.8. The number of hydrogen-bond acceptors (Lipinski definition) is 11. The van der Waals surface area contributed by atoms with Crippen LogP contribution in [-0.2, 0) is 9.53 Å². The van der Waals surface area contributed by atoms with Crippen molar-refractivity contribution in [2.45, 2.75) is 94.1 Å². The normalized spacial score (nSPS) is 33.2. The topological polar surface area (TPSA) is 172 Å². The van der Waals surface area contributed by atoms with E-state index in [9.17, 15) is 35.1 Å². The maximum atomic E-state index is 13.5. The lowest BCUT2D eigenvalue weighted by atomic mass is 9.78. The second kappa shape index (κ2) is 16.4. The number of carbonyl (C=O) groups is 2. The first-order chi connectivity index (χ1) is 24.4. The standard InChI is InChI=1S/C39H52IN3O8S/c1-21-19-38(5,49)33(45)22(2)31(44)23(3)36(48)51-37(40)39(6,50)34(46)24(4)43(20-21)17-11-16-41-35(47)30-18-27-25-12-7-9-14-28(25)42-29-15-10-8-13-26(29)32(27)52-30/h7-10,12-15,18,21-24,31,33-34,37,42,44-46,49-50H,11,16-17,19-20H2,1-6H3,(H,41,47)/t21-,22+,23-,24-,31+,33-,34-,37+,38-,39+/m1/s1. The van der Waals surface area contributed by atoms with Crippen molar-refractivity contribution in [3.8, 4) is 21.6 Å². The van der Waals surface area contributed by atoms with Crippen LogP contribution in [0.4, 0.5) is 11.4 Å². The molecule has 1 amide bonds. The molecule has 5 rings (SSSR count). The molecule has 13 heteroatoms. The van der Waals surface area contributed by atoms with Gasteiger partial charge in [-0.05, 0) is 87.2 Å². The number of para-hydroxylation sites is 2. The van der Waals surface area contributed by atoms with Gasteiger partial charge >= 0.3 is 5.97 Å². The Morgan fingerprint density at radius 1 is 0.981 bits per heavy atom. The van der Waals surface area contributed by atoms with E-state index in [4.69, 9.17) is 4.74 Å². The van der Waals surface area contributed by atoms with Crippen LogP contribution in [0.3, 0.4) is 0 Å². The van der Waals surface area contributed by atoms with Gasteiger partial charge in [0.15, 0.2) is 4.11 Å². The van der Waals surface area contributed by atoms with E-state index in [-0.39, 0.29) is 18.2 Å². The lowest BCUT2D eigenvalue weighted by molar-refractivity contribution is -0.176. The largest absolute Gasteiger partial charge is 0.448 e. The van der Waals surface area contributed by atoms with Crippen LogP contribution in [0, 0.1) is 17.8 Å². The van der Waals surface area contributed by atoms with Crippen LogP contribution < -0.4 is 10.6 Å². The van der Waals surface area contributed by atoms with Crippen LogP contribution in [0.5, 0.6) is 0 Å². The lowest BCUT2D eigenvalue weighted by Gasteiger charge is -2.42. The number of halogens is 1. The van der Waals surface area contributed by atoms with Gasteiger partial charge in [0.25, 0.3) is 5.91 Å². The zero-order valence-corrected chi connectivity index (χ0v) is 33.5. The minimum Gasteiger partial charge on any atom is -0.448 e. The molecule has 3 aromatic rings. The van der Waals surface area contributed by atoms with E-state index in [1.54, 1.807) is 36.4 Å². The average Bonchev–Trinajstić information content (AvgIpc) is 3.50. The quantitative estimate of drug-likeness (QED) is 0.0617. The van der Waals surface area contributed by atoms with Crippen LogP contribution in [-0.4, -0.2) is 102 Å². The minimum absolute atomic E-state index is 0.163. The first kappa shape index (κ1) is 40.6. The molecule has 0 radical (unpaired) electrons. The maximum absolute atomic E-state index is 13.5. The number of benzene rings is 2. The summed E-state index contributed by atoms with van der Waals surface area (Å²) >= 11 is 3.22. The smallest absolute Gasteiger partial charge is 0.312 e. The summed E-state index contributed by atoms with van der Waals surface area (Å²) in [6.45, 7) is 10.8. The van der Waals surface area contributed by atoms with Crippen LogP contribution in [0.25, 0.3) is 21.6 Å². The van der Waals surface area contributed by atoms with E-state index in [2.05, 4.69) is 16.7 Å². The number of aliphatic hydroxyl groups excluding tert-OH is 3. The molecule has 0 unspecified atom stereocenters. The Morgan fingerprint density at radius 3 is 2.27 bits per heavy atom. The molecular weight excluding hydrogens is 797 g/mol. The lowest BCUT2D eigenvalue weighted by Crippen LogP contribution is -2.58. The Hall–Kier alpha value is -2.63. The van der Waals surface area contributed by atoms with Crippen molar-refractivity contribution in [1.29, 1.82) is 0 Å². The summed E-state index contributed by atoms with van der Waals surface area (Å²) in [6, 6.07) is 17.4. The Morgan fingerprint density at radius 2 is 1.60 bits per heavy atom. The molecule has 52 heavy (non-hydrogen) atoms. The number of alkyl halides is 1. The fourth-order valence-corrected chi connectivity index (χ4v) is 9.23. The molecule has 11 nitrogen and oxygen atoms in total. The van der Waals surface area contributed by atoms with Crippen LogP contribution in [0.15, 0.2) is 54.6 Å². The fraction of sp³-hybridized carbons (Fsp3) is 0.538. The van der Waals surface area contributed by atoms with Crippen LogP contribution >= 0.6 is 33.9 Å². The highest BCUT2D eigenvalue weighted by atomic mass is 127. The fourth-order valence-electron chi connectivity index (χ4n) is 7.49. The third kappa shape index (κ3) is 8.51. The number of cyclic esters (lactones) is 1. The zero-order chi connectivity index (χ0) is 38.1. The highest BCUT2D eigenvalue weighted by Gasteiger charge is 2.47. The number of aliphatic hydroxyl groups is 5. The minimum atomic E-state index is -1.86. The van der Waals surface area contributed by atoms with Gasteiger partial charge in [-0.2, -0.15) is 0 Å². The summed E-state index contributed by atoms with van der Waals surface area (Å²) in [5.74, 6) is -3.11. The van der Waals surface area contributed by atoms with E-state index < -0.39 is 57.5 Å². The molecule has 1 fully saturated rings. The molecule has 10 atom stereocenters. The summed E-state index contributed by atoms with van der Waals surface area (Å²) in [5.41, 5.74) is 1.53. The van der Waals surface area contributed by atoms with E-state index >= 15 is 0 Å². The summed E-state index contributed by atoms with van der Waals surface area (Å²) in [5, 5.41) is 63.1. The number of esters is 1. The molecule has 1 saturated heterocycles. The first-order valence-corrected chi connectivity index (χ1v) is 20.0. The number of nitrogens with zero attached hydrogens (tertiary/aromatic N) is 1. The van der Waals surface area contributed by atoms with Gasteiger partial charge in [0, 0.05) is 64.5 Å². The van der Waals surface area contributed by atoms with Crippen molar-refractivity contribution in [3.05, 3.63) is 59.5 Å². The van der Waals surface area contributed by atoms with Crippen molar-refractivity contribution in [3.63, 3.8) is 0 Å². The van der Waals surface area contributed by atoms with Gasteiger partial charge in [-0.15, -0.1) is 11.3 Å². The van der Waals surface area contributed by atoms with E-state index in [1.165, 1.54) is 32.1 Å². The third-order valence-electron chi connectivity index (χ3n) is 10.7. The Labute approximate surface area is 323 Å². The van der Waals surface area contributed by atoms with E-state index in [0.29, 0.717) is 30.9 Å². The van der Waals surface area contributed by atoms with Gasteiger partial charge in [0.05, 0.1) is 28.6 Å². The number of anilines is 2. The number of fused-ring (bicyclic) bond motifs is 5. The predicted octanol–water partition coefficient (Wildman–Crippen LogP) is 5.15. The predicted molar refractivity (Wildman–Crippen MR) is 212 cm³/mol. The van der Waals surface area contributed by atoms with Crippen molar-refractivity contribution < 1.29 is 39.9 Å². The van der Waals surface area contributed by atoms with E-state index in [0.717, 1.165) is 32.9 Å². The van der Waals surface area contributed by atoms with Gasteiger partial charge in [0.1, 0.15) is 11.7 Å². The van der Waals surface area contributed by atoms with Crippen molar-refractivity contribution in [2.24, 2.45) is 17.8 Å². The molecule has 7 N–H and O–H groups in total. The number of nitrogens with one attached hydrogen (secondary N) is 2. The van der Waals surface area contributed by atoms with Crippen molar-refractivity contribution in [1.82, 2.24) is 10.2 Å². The maximum Gasteiger partial charge on any atom is 0.312 e. The highest BCUT2D eigenvalue weighted by molar-refractivity contribution is 14.1. The Bertz CT molecular complexity index is 1670. The van der Waals surface area contributed by atoms with Crippen molar-refractivity contribution in [2.75, 3.05) is 25.0 Å². The van der Waals surface area contributed by atoms with Crippen molar-refractivity contribution >= 4 is 57.2 Å². The molecular formula is C39H52IN3O8S. The first-order valence-electron chi connectivity index (χ1n) is 17.9. The average molecular weight is 850 g/mol. The third-order valence-corrected chi connectivity index (χ3v) is 13.4. The van der Waals surface area contributed by atoms with E-state index in [1.807, 2.05) is 60.4 Å². The molecule has 284 valence electrons. The SMILES string of the molecule is C[C@H]1CN(CCCNC(=O)c2cc3c(s2)-c2ccccc2Nc2ccccc2-3)[C@H](C)[C@@H](O)[C@](C)(O)[C@@H](I)OC(=O)[C@H](C)[C@@H](O)[C@H](C)[C@@H](O)[C@](C)(O)C1. The summed E-state index contributed by atoms with van der Waals surface area (Å²) < 4.78 is 4.38. The molecule has 0 spiro atoms. The number of thiophene rings is 1. The molecule has 2 aliphatic heterocycles. The summed E-state index contributed by atoms with van der Waals surface area (Å²) in [6.07, 6.45) is -3.36. The number of amides is 1. The molecule has 0 bridgehead atoms. The Balaban J connectivity index is 1.32. The number of rotatable bonds is 5. The number of ether oxygens (including phenoxy) is 1. The second-order valence-corrected chi connectivity index (χ2v) is 17.3. The van der Waals surface area contributed by atoms with Crippen LogP contribution in [0.2, 0.25) is 0 Å². The molecule has 1 aromatic heterocycles. The zero-order valence-electron chi connectivity index (χ0n) is 30.5. The summed E-state index contributed by atoms with van der Waals surface area (Å²) in [4.78, 5) is 30.2. The molecule has 0 saturated carbocycles. The number of carbonyl (C=O) groups excluding carboxylic acids is 2. The number of hydrogen-bond donors (Lipinski definition) is 7. The molecule has 2 aromatic carbocycles. The monoisotopic (exact) mass is 849 g/mol. The van der Waals surface area contributed by atoms with Gasteiger partial charge < -0.3 is 40.9 Å². The second-order valence-electron chi connectivity index (χ2n) is 15.1. The molecule has 3 heterocycles.